The fraction of sp³-hybridized carbons (Fsp3) is 0.500. The number of hydrogen-bond acceptors (Lipinski definition) is 2. The average molecular weight is 233 g/mol. The fourth-order valence-corrected chi connectivity index (χ4v) is 2.38. The highest BCUT2D eigenvalue weighted by Crippen LogP contribution is 2.30. The summed E-state index contributed by atoms with van der Waals surface area (Å²) in [7, 11) is 0. The number of phenolic OH excluding ortho intramolecular Hbond substituents is 1. The number of aromatic hydroxyl groups is 1. The van der Waals surface area contributed by atoms with Crippen LogP contribution in [0.4, 0.5) is 0 Å². The molecule has 0 spiro atoms. The molecule has 0 radical (unpaired) electrons. The number of nitrogens with zero attached hydrogens (tertiary/aromatic N) is 1. The Kier molecular flexibility index (Phi) is 2.86. The summed E-state index contributed by atoms with van der Waals surface area (Å²) in [6.45, 7) is 6.81. The van der Waals surface area contributed by atoms with Gasteiger partial charge in [-0.3, -0.25) is 4.79 Å². The van der Waals surface area contributed by atoms with Crippen LogP contribution in [0.15, 0.2) is 18.2 Å². The molecule has 92 valence electrons. The van der Waals surface area contributed by atoms with E-state index in [1.54, 1.807) is 18.2 Å². The minimum absolute atomic E-state index is 0.0165. The molecular formula is C14H19NO2. The first-order valence-corrected chi connectivity index (χ1v) is 6.03. The van der Waals surface area contributed by atoms with Gasteiger partial charge in [0.25, 0.3) is 5.91 Å². The summed E-state index contributed by atoms with van der Waals surface area (Å²) in [6, 6.07) is 5.13. The number of amides is 1. The second-order valence-corrected chi connectivity index (χ2v) is 5.37. The molecular weight excluding hydrogens is 214 g/mol. The van der Waals surface area contributed by atoms with Crippen LogP contribution in [-0.4, -0.2) is 28.0 Å². The normalized spacial score (nSPS) is 18.4. The number of likely N-dealkylation sites (tertiary alicyclic amines) is 1. The Labute approximate surface area is 102 Å². The second kappa shape index (κ2) is 4.06. The molecule has 17 heavy (non-hydrogen) atoms. The molecule has 0 aromatic heterocycles. The minimum atomic E-state index is -0.0718. The number of aryl methyl sites for hydroxylation is 1. The first-order chi connectivity index (χ1) is 7.92. The van der Waals surface area contributed by atoms with Gasteiger partial charge >= 0.3 is 0 Å². The summed E-state index contributed by atoms with van der Waals surface area (Å²) < 4.78 is 0. The lowest BCUT2D eigenvalue weighted by molar-refractivity contribution is 0.0651. The van der Waals surface area contributed by atoms with Gasteiger partial charge in [-0.1, -0.05) is 6.07 Å². The molecule has 1 amide bonds. The van der Waals surface area contributed by atoms with Crippen molar-refractivity contribution < 1.29 is 9.90 Å². The standard InChI is InChI=1S/C14H19NO2/c1-10-5-6-11(9-12(10)16)13(17)15-8-4-7-14(15,2)3/h5-6,9,16H,4,7-8H2,1-3H3. The van der Waals surface area contributed by atoms with E-state index < -0.39 is 0 Å². The zero-order chi connectivity index (χ0) is 12.6. The molecule has 0 aliphatic carbocycles. The zero-order valence-corrected chi connectivity index (χ0v) is 10.7. The molecule has 1 N–H and O–H groups in total. The Hall–Kier alpha value is -1.51. The van der Waals surface area contributed by atoms with Gasteiger partial charge in [0.2, 0.25) is 0 Å². The van der Waals surface area contributed by atoms with Gasteiger partial charge in [-0.25, -0.2) is 0 Å². The van der Waals surface area contributed by atoms with Crippen molar-refractivity contribution in [1.29, 1.82) is 0 Å². The molecule has 1 aromatic carbocycles. The van der Waals surface area contributed by atoms with E-state index in [1.807, 2.05) is 11.8 Å². The molecule has 1 aliphatic heterocycles. The molecule has 2 rings (SSSR count). The third-order valence-electron chi connectivity index (χ3n) is 3.60. The molecule has 0 atom stereocenters. The Balaban J connectivity index is 2.28. The van der Waals surface area contributed by atoms with Crippen LogP contribution in [0.1, 0.15) is 42.6 Å². The van der Waals surface area contributed by atoms with Crippen molar-refractivity contribution in [1.82, 2.24) is 4.90 Å². The van der Waals surface area contributed by atoms with Crippen molar-refractivity contribution in [3.63, 3.8) is 0 Å². The van der Waals surface area contributed by atoms with E-state index in [-0.39, 0.29) is 17.2 Å². The van der Waals surface area contributed by atoms with Gasteiger partial charge in [-0.15, -0.1) is 0 Å². The highest BCUT2D eigenvalue weighted by molar-refractivity contribution is 5.95. The quantitative estimate of drug-likeness (QED) is 0.810. The maximum atomic E-state index is 12.3. The monoisotopic (exact) mass is 233 g/mol. The Morgan fingerprint density at radius 3 is 2.65 bits per heavy atom. The summed E-state index contributed by atoms with van der Waals surface area (Å²) in [5.74, 6) is 0.204. The van der Waals surface area contributed by atoms with Crippen LogP contribution in [0.5, 0.6) is 5.75 Å². The van der Waals surface area contributed by atoms with Gasteiger partial charge in [0.1, 0.15) is 5.75 Å². The SMILES string of the molecule is Cc1ccc(C(=O)N2CCCC2(C)C)cc1O. The lowest BCUT2D eigenvalue weighted by Gasteiger charge is -2.31. The third-order valence-corrected chi connectivity index (χ3v) is 3.60. The maximum Gasteiger partial charge on any atom is 0.254 e. The average Bonchev–Trinajstić information content (AvgIpc) is 2.61. The molecule has 0 bridgehead atoms. The van der Waals surface area contributed by atoms with E-state index in [2.05, 4.69) is 13.8 Å². The van der Waals surface area contributed by atoms with Crippen LogP contribution in [0, 0.1) is 6.92 Å². The van der Waals surface area contributed by atoms with Crippen molar-refractivity contribution in [3.05, 3.63) is 29.3 Å². The summed E-state index contributed by atoms with van der Waals surface area (Å²) in [5, 5.41) is 9.65. The van der Waals surface area contributed by atoms with Crippen molar-refractivity contribution in [3.8, 4) is 5.75 Å². The highest BCUT2D eigenvalue weighted by Gasteiger charge is 2.35. The Morgan fingerprint density at radius 1 is 1.41 bits per heavy atom. The maximum absolute atomic E-state index is 12.3. The first-order valence-electron chi connectivity index (χ1n) is 6.03. The van der Waals surface area contributed by atoms with E-state index in [4.69, 9.17) is 0 Å². The molecule has 3 heteroatoms. The van der Waals surface area contributed by atoms with Crippen LogP contribution in [0.3, 0.4) is 0 Å². The van der Waals surface area contributed by atoms with Crippen molar-refractivity contribution >= 4 is 5.91 Å². The second-order valence-electron chi connectivity index (χ2n) is 5.37. The summed E-state index contributed by atoms with van der Waals surface area (Å²) in [5.41, 5.74) is 1.29. The Bertz CT molecular complexity index is 452. The highest BCUT2D eigenvalue weighted by atomic mass is 16.3. The van der Waals surface area contributed by atoms with E-state index in [9.17, 15) is 9.90 Å². The van der Waals surface area contributed by atoms with Crippen molar-refractivity contribution in [2.24, 2.45) is 0 Å². The van der Waals surface area contributed by atoms with Crippen LogP contribution < -0.4 is 0 Å². The first kappa shape index (κ1) is 12.0. The van der Waals surface area contributed by atoms with Gasteiger partial charge in [-0.2, -0.15) is 0 Å². The third kappa shape index (κ3) is 2.14. The number of carbonyl (C=O) groups is 1. The molecule has 3 nitrogen and oxygen atoms in total. The molecule has 1 aliphatic rings. The topological polar surface area (TPSA) is 40.5 Å². The van der Waals surface area contributed by atoms with Crippen LogP contribution in [0.2, 0.25) is 0 Å². The molecule has 1 aromatic rings. The predicted molar refractivity (Wildman–Crippen MR) is 67.2 cm³/mol. The molecule has 0 unspecified atom stereocenters. The molecule has 1 saturated heterocycles. The predicted octanol–water partition coefficient (Wildman–Crippen LogP) is 2.72. The molecule has 0 saturated carbocycles. The lowest BCUT2D eigenvalue weighted by atomic mass is 10.0. The van der Waals surface area contributed by atoms with Crippen molar-refractivity contribution in [2.75, 3.05) is 6.54 Å². The lowest BCUT2D eigenvalue weighted by Crippen LogP contribution is -2.42. The van der Waals surface area contributed by atoms with Crippen LogP contribution in [-0.2, 0) is 0 Å². The summed E-state index contributed by atoms with van der Waals surface area (Å²) >= 11 is 0. The number of benzene rings is 1. The molecule has 1 fully saturated rings. The largest absolute Gasteiger partial charge is 0.508 e. The van der Waals surface area contributed by atoms with Gasteiger partial charge in [-0.05, 0) is 51.3 Å². The van der Waals surface area contributed by atoms with E-state index >= 15 is 0 Å². The minimum Gasteiger partial charge on any atom is -0.508 e. The van der Waals surface area contributed by atoms with E-state index in [1.165, 1.54) is 0 Å². The number of hydrogen-bond donors (Lipinski definition) is 1. The number of rotatable bonds is 1. The Morgan fingerprint density at radius 2 is 2.12 bits per heavy atom. The van der Waals surface area contributed by atoms with Crippen LogP contribution >= 0.6 is 0 Å². The summed E-state index contributed by atoms with van der Waals surface area (Å²) in [4.78, 5) is 14.2. The van der Waals surface area contributed by atoms with Gasteiger partial charge in [0.05, 0.1) is 0 Å². The zero-order valence-electron chi connectivity index (χ0n) is 10.7. The van der Waals surface area contributed by atoms with Gasteiger partial charge in [0.15, 0.2) is 0 Å². The van der Waals surface area contributed by atoms with Crippen molar-refractivity contribution in [2.45, 2.75) is 39.2 Å². The number of carbonyl (C=O) groups excluding carboxylic acids is 1. The molecule has 1 heterocycles. The van der Waals surface area contributed by atoms with Crippen LogP contribution in [0.25, 0.3) is 0 Å². The summed E-state index contributed by atoms with van der Waals surface area (Å²) in [6.07, 6.45) is 2.09. The van der Waals surface area contributed by atoms with E-state index in [0.717, 1.165) is 24.9 Å². The van der Waals surface area contributed by atoms with E-state index in [0.29, 0.717) is 5.56 Å². The number of phenols is 1. The fourth-order valence-electron chi connectivity index (χ4n) is 2.38. The van der Waals surface area contributed by atoms with Gasteiger partial charge < -0.3 is 10.0 Å². The smallest absolute Gasteiger partial charge is 0.254 e. The van der Waals surface area contributed by atoms with Gasteiger partial charge in [0, 0.05) is 17.6 Å².